The zero-order valence-electron chi connectivity index (χ0n) is 12.6. The van der Waals surface area contributed by atoms with Crippen molar-refractivity contribution in [3.05, 3.63) is 0 Å². The van der Waals surface area contributed by atoms with Gasteiger partial charge in [-0.1, -0.05) is 13.3 Å². The maximum atomic E-state index is 14.5. The summed E-state index contributed by atoms with van der Waals surface area (Å²) in [5.74, 6) is -0.901. The number of ether oxygens (including phenoxy) is 2. The van der Waals surface area contributed by atoms with E-state index in [-0.39, 0.29) is 36.8 Å². The SMILES string of the molecule is CCCCC(F)(CO)C(=O)OC1C[C@@H]2[C@H]3O[C@H]3[C@H](C1)N2C. The zero-order chi connectivity index (χ0) is 15.2. The van der Waals surface area contributed by atoms with E-state index in [0.29, 0.717) is 19.3 Å². The van der Waals surface area contributed by atoms with Crippen molar-refractivity contribution in [2.24, 2.45) is 0 Å². The molecule has 120 valence electrons. The Kier molecular flexibility index (Phi) is 3.96. The van der Waals surface area contributed by atoms with Crippen molar-refractivity contribution in [1.82, 2.24) is 4.90 Å². The average molecular weight is 301 g/mol. The number of carbonyl (C=O) groups excluding carboxylic acids is 1. The molecule has 3 aliphatic heterocycles. The van der Waals surface area contributed by atoms with Gasteiger partial charge in [0.2, 0.25) is 5.67 Å². The third-order valence-electron chi connectivity index (χ3n) is 5.19. The number of alkyl halides is 1. The van der Waals surface area contributed by atoms with Gasteiger partial charge in [-0.05, 0) is 19.9 Å². The summed E-state index contributed by atoms with van der Waals surface area (Å²) in [4.78, 5) is 14.4. The maximum Gasteiger partial charge on any atom is 0.346 e. The first-order valence-corrected chi connectivity index (χ1v) is 7.88. The van der Waals surface area contributed by atoms with Gasteiger partial charge in [0.1, 0.15) is 18.3 Å². The molecule has 6 heteroatoms. The Morgan fingerprint density at radius 1 is 1.43 bits per heavy atom. The number of nitrogens with zero attached hydrogens (tertiary/aromatic N) is 1. The molecule has 0 amide bonds. The number of fused-ring (bicyclic) bond motifs is 5. The molecule has 21 heavy (non-hydrogen) atoms. The van der Waals surface area contributed by atoms with Crippen LogP contribution >= 0.6 is 0 Å². The van der Waals surface area contributed by atoms with Crippen LogP contribution in [0.25, 0.3) is 0 Å². The van der Waals surface area contributed by atoms with Crippen molar-refractivity contribution < 1.29 is 23.8 Å². The summed E-state index contributed by atoms with van der Waals surface area (Å²) in [6.07, 6.45) is 3.00. The first kappa shape index (κ1) is 15.2. The number of halogens is 1. The predicted octanol–water partition coefficient (Wildman–Crippen LogP) is 1.03. The first-order valence-electron chi connectivity index (χ1n) is 7.88. The van der Waals surface area contributed by atoms with Crippen LogP contribution in [-0.4, -0.2) is 65.7 Å². The van der Waals surface area contributed by atoms with Gasteiger partial charge in [0.05, 0.1) is 6.61 Å². The molecule has 0 radical (unpaired) electrons. The van der Waals surface area contributed by atoms with Gasteiger partial charge in [-0.2, -0.15) is 0 Å². The summed E-state index contributed by atoms with van der Waals surface area (Å²) in [6, 6.07) is 0.538. The zero-order valence-corrected chi connectivity index (χ0v) is 12.6. The van der Waals surface area contributed by atoms with Crippen LogP contribution in [0.5, 0.6) is 0 Å². The number of hydrogen-bond acceptors (Lipinski definition) is 5. The van der Waals surface area contributed by atoms with Gasteiger partial charge in [-0.25, -0.2) is 9.18 Å². The minimum atomic E-state index is -2.25. The molecule has 2 unspecified atom stereocenters. The number of hydrogen-bond donors (Lipinski definition) is 1. The molecule has 3 heterocycles. The van der Waals surface area contributed by atoms with Crippen molar-refractivity contribution >= 4 is 5.97 Å². The number of esters is 1. The lowest BCUT2D eigenvalue weighted by Crippen LogP contribution is -2.49. The second-order valence-electron chi connectivity index (χ2n) is 6.59. The molecule has 3 aliphatic rings. The highest BCUT2D eigenvalue weighted by molar-refractivity contribution is 5.79. The summed E-state index contributed by atoms with van der Waals surface area (Å²) in [6.45, 7) is 1.11. The Bertz CT molecular complexity index is 402. The fraction of sp³-hybridized carbons (Fsp3) is 0.933. The molecule has 2 bridgehead atoms. The minimum absolute atomic E-state index is 0.0205. The van der Waals surface area contributed by atoms with Crippen LogP contribution in [0, 0.1) is 0 Å². The van der Waals surface area contributed by atoms with Crippen molar-refractivity contribution in [1.29, 1.82) is 0 Å². The molecule has 1 N–H and O–H groups in total. The van der Waals surface area contributed by atoms with Gasteiger partial charge in [-0.15, -0.1) is 0 Å². The van der Waals surface area contributed by atoms with Gasteiger partial charge < -0.3 is 14.6 Å². The van der Waals surface area contributed by atoms with Gasteiger partial charge in [0.15, 0.2) is 0 Å². The standard InChI is InChI=1S/C15H24FNO4/c1-3-4-5-15(16,8-18)14(19)20-9-6-10-12-13(21-12)11(7-9)17(10)2/h9-13,18H,3-8H2,1-2H3/t9?,10-,11+,12-,13+,15?. The fourth-order valence-electron chi connectivity index (χ4n) is 3.76. The molecule has 3 fully saturated rings. The molecule has 0 aromatic carbocycles. The van der Waals surface area contributed by atoms with Gasteiger partial charge in [0.25, 0.3) is 0 Å². The number of likely N-dealkylation sites (N-methyl/N-ethyl adjacent to an activating group) is 1. The van der Waals surface area contributed by atoms with Gasteiger partial charge >= 0.3 is 5.97 Å². The fourth-order valence-corrected chi connectivity index (χ4v) is 3.76. The molecule has 3 saturated heterocycles. The van der Waals surface area contributed by atoms with Gasteiger partial charge in [0, 0.05) is 24.9 Å². The van der Waals surface area contributed by atoms with E-state index in [4.69, 9.17) is 9.47 Å². The summed E-state index contributed by atoms with van der Waals surface area (Å²) in [5, 5.41) is 9.22. The molecule has 0 aliphatic carbocycles. The normalized spacial score (nSPS) is 40.5. The number of aliphatic hydroxyl groups is 1. The molecular weight excluding hydrogens is 277 g/mol. The van der Waals surface area contributed by atoms with Crippen LogP contribution in [0.3, 0.4) is 0 Å². The van der Waals surface area contributed by atoms with Crippen LogP contribution < -0.4 is 0 Å². The van der Waals surface area contributed by atoms with Crippen molar-refractivity contribution in [3.63, 3.8) is 0 Å². The smallest absolute Gasteiger partial charge is 0.346 e. The number of piperidine rings is 1. The molecule has 0 aromatic rings. The summed E-state index contributed by atoms with van der Waals surface area (Å²) < 4.78 is 25.4. The summed E-state index contributed by atoms with van der Waals surface area (Å²) in [5.41, 5.74) is -2.25. The molecule has 0 spiro atoms. The Morgan fingerprint density at radius 3 is 2.57 bits per heavy atom. The highest BCUT2D eigenvalue weighted by Crippen LogP contribution is 2.48. The quantitative estimate of drug-likeness (QED) is 0.586. The number of morpholine rings is 1. The third-order valence-corrected chi connectivity index (χ3v) is 5.19. The van der Waals surface area contributed by atoms with E-state index >= 15 is 0 Å². The second-order valence-corrected chi connectivity index (χ2v) is 6.59. The predicted molar refractivity (Wildman–Crippen MR) is 73.6 cm³/mol. The second kappa shape index (κ2) is 5.48. The average Bonchev–Trinajstić information content (AvgIpc) is 3.22. The van der Waals surface area contributed by atoms with E-state index in [1.807, 2.05) is 6.92 Å². The Morgan fingerprint density at radius 2 is 2.05 bits per heavy atom. The lowest BCUT2D eigenvalue weighted by molar-refractivity contribution is -0.171. The van der Waals surface area contributed by atoms with Crippen LogP contribution in [0.2, 0.25) is 0 Å². The van der Waals surface area contributed by atoms with Crippen LogP contribution in [0.15, 0.2) is 0 Å². The summed E-state index contributed by atoms with van der Waals surface area (Å²) in [7, 11) is 2.07. The van der Waals surface area contributed by atoms with E-state index < -0.39 is 18.2 Å². The van der Waals surface area contributed by atoms with Crippen LogP contribution in [-0.2, 0) is 14.3 Å². The molecule has 3 rings (SSSR count). The van der Waals surface area contributed by atoms with Crippen molar-refractivity contribution in [3.8, 4) is 0 Å². The topological polar surface area (TPSA) is 62.3 Å². The first-order chi connectivity index (χ1) is 10.00. The van der Waals surface area contributed by atoms with Crippen LogP contribution in [0.4, 0.5) is 4.39 Å². The largest absolute Gasteiger partial charge is 0.460 e. The van der Waals surface area contributed by atoms with Crippen LogP contribution in [0.1, 0.15) is 39.0 Å². The molecule has 0 aromatic heterocycles. The van der Waals surface area contributed by atoms with E-state index in [1.165, 1.54) is 0 Å². The minimum Gasteiger partial charge on any atom is -0.460 e. The molecule has 6 atom stereocenters. The van der Waals surface area contributed by atoms with E-state index in [0.717, 1.165) is 6.42 Å². The van der Waals surface area contributed by atoms with Gasteiger partial charge in [-0.3, -0.25) is 4.90 Å². The van der Waals surface area contributed by atoms with Crippen molar-refractivity contribution in [2.45, 2.75) is 75.1 Å². The lowest BCUT2D eigenvalue weighted by atomic mass is 9.97. The number of epoxide rings is 1. The monoisotopic (exact) mass is 301 g/mol. The van der Waals surface area contributed by atoms with E-state index in [1.54, 1.807) is 0 Å². The number of unbranched alkanes of at least 4 members (excludes halogenated alkanes) is 1. The van der Waals surface area contributed by atoms with E-state index in [9.17, 15) is 14.3 Å². The van der Waals surface area contributed by atoms with E-state index in [2.05, 4.69) is 11.9 Å². The molecule has 5 nitrogen and oxygen atoms in total. The lowest BCUT2D eigenvalue weighted by Gasteiger charge is -2.38. The Balaban J connectivity index is 1.58. The summed E-state index contributed by atoms with van der Waals surface area (Å²) >= 11 is 0. The maximum absolute atomic E-state index is 14.5. The third kappa shape index (κ3) is 2.58. The number of carbonyl (C=O) groups is 1. The number of aliphatic hydroxyl groups excluding tert-OH is 1. The Labute approximate surface area is 124 Å². The molecule has 0 saturated carbocycles. The molecular formula is C15H24FNO4. The highest BCUT2D eigenvalue weighted by atomic mass is 19.1. The van der Waals surface area contributed by atoms with Crippen molar-refractivity contribution in [2.75, 3.05) is 13.7 Å². The number of rotatable bonds is 6. The Hall–Kier alpha value is -0.720. The highest BCUT2D eigenvalue weighted by Gasteiger charge is 2.63.